The van der Waals surface area contributed by atoms with E-state index in [-0.39, 0.29) is 5.91 Å². The maximum Gasteiger partial charge on any atom is 0.258 e. The molecule has 96 valence electrons. The van der Waals surface area contributed by atoms with Gasteiger partial charge >= 0.3 is 0 Å². The molecule has 0 saturated heterocycles. The number of hydrogen-bond acceptors (Lipinski definition) is 2. The van der Waals surface area contributed by atoms with Gasteiger partial charge in [-0.1, -0.05) is 18.2 Å². The third-order valence-corrected chi connectivity index (χ3v) is 2.77. The smallest absolute Gasteiger partial charge is 0.258 e. The van der Waals surface area contributed by atoms with Gasteiger partial charge in [-0.25, -0.2) is 4.39 Å². The molecular formula is C15H12FNO2. The zero-order valence-electron chi connectivity index (χ0n) is 10.3. The van der Waals surface area contributed by atoms with Gasteiger partial charge in [0.25, 0.3) is 5.91 Å². The molecule has 0 saturated carbocycles. The van der Waals surface area contributed by atoms with Crippen molar-refractivity contribution in [3.63, 3.8) is 0 Å². The lowest BCUT2D eigenvalue weighted by Crippen LogP contribution is -2.26. The van der Waals surface area contributed by atoms with Crippen LogP contribution >= 0.6 is 0 Å². The average molecular weight is 257 g/mol. The summed E-state index contributed by atoms with van der Waals surface area (Å²) < 4.78 is 13.1. The Bertz CT molecular complexity index is 625. The van der Waals surface area contributed by atoms with Gasteiger partial charge in [-0.15, -0.1) is 0 Å². The van der Waals surface area contributed by atoms with Crippen LogP contribution in [0, 0.1) is 5.82 Å². The van der Waals surface area contributed by atoms with E-state index in [1.165, 1.54) is 29.2 Å². The van der Waals surface area contributed by atoms with Crippen LogP contribution in [0.4, 0.5) is 10.1 Å². The molecule has 0 fully saturated rings. The standard InChI is InChI=1S/C15H12FNO2/c1-17(14-7-3-6-13(16)9-14)15(19)12-5-2-4-11(8-12)10-18/h2-10H,1H3. The first-order chi connectivity index (χ1) is 9.11. The molecule has 0 heterocycles. The van der Waals surface area contributed by atoms with Crippen LogP contribution in [-0.4, -0.2) is 19.2 Å². The minimum absolute atomic E-state index is 0.297. The fraction of sp³-hybridized carbons (Fsp3) is 0.0667. The molecule has 0 aromatic heterocycles. The van der Waals surface area contributed by atoms with Crippen molar-refractivity contribution in [2.45, 2.75) is 0 Å². The number of halogens is 1. The number of rotatable bonds is 3. The number of benzene rings is 2. The van der Waals surface area contributed by atoms with Gasteiger partial charge in [-0.05, 0) is 30.3 Å². The number of hydrogen-bond donors (Lipinski definition) is 0. The van der Waals surface area contributed by atoms with E-state index in [1.807, 2.05) is 0 Å². The van der Waals surface area contributed by atoms with Crippen LogP contribution in [0.25, 0.3) is 0 Å². The number of carbonyl (C=O) groups is 2. The van der Waals surface area contributed by atoms with Crippen LogP contribution in [0.3, 0.4) is 0 Å². The number of anilines is 1. The Morgan fingerprint density at radius 2 is 1.89 bits per heavy atom. The van der Waals surface area contributed by atoms with Crippen molar-refractivity contribution in [2.24, 2.45) is 0 Å². The van der Waals surface area contributed by atoms with Gasteiger partial charge in [0.2, 0.25) is 0 Å². The quantitative estimate of drug-likeness (QED) is 0.793. The number of aldehydes is 1. The van der Waals surface area contributed by atoms with E-state index in [1.54, 1.807) is 31.3 Å². The zero-order valence-corrected chi connectivity index (χ0v) is 10.3. The molecule has 0 N–H and O–H groups in total. The van der Waals surface area contributed by atoms with Crippen LogP contribution in [0.15, 0.2) is 48.5 Å². The Balaban J connectivity index is 2.30. The van der Waals surface area contributed by atoms with Crippen LogP contribution < -0.4 is 4.90 Å². The molecule has 3 nitrogen and oxygen atoms in total. The van der Waals surface area contributed by atoms with Crippen molar-refractivity contribution < 1.29 is 14.0 Å². The maximum atomic E-state index is 13.1. The zero-order chi connectivity index (χ0) is 13.8. The summed E-state index contributed by atoms with van der Waals surface area (Å²) in [4.78, 5) is 24.2. The highest BCUT2D eigenvalue weighted by molar-refractivity contribution is 6.06. The Kier molecular flexibility index (Phi) is 3.71. The van der Waals surface area contributed by atoms with Crippen molar-refractivity contribution in [3.8, 4) is 0 Å². The van der Waals surface area contributed by atoms with E-state index < -0.39 is 5.82 Å². The first kappa shape index (κ1) is 13.0. The topological polar surface area (TPSA) is 37.4 Å². The average Bonchev–Trinajstić information content (AvgIpc) is 2.45. The van der Waals surface area contributed by atoms with Gasteiger partial charge in [0.05, 0.1) is 0 Å². The summed E-state index contributed by atoms with van der Waals surface area (Å²) in [5.74, 6) is -0.701. The molecule has 0 aliphatic carbocycles. The van der Waals surface area contributed by atoms with Gasteiger partial charge in [-0.2, -0.15) is 0 Å². The highest BCUT2D eigenvalue weighted by atomic mass is 19.1. The number of nitrogens with zero attached hydrogens (tertiary/aromatic N) is 1. The predicted octanol–water partition coefficient (Wildman–Crippen LogP) is 2.91. The van der Waals surface area contributed by atoms with Crippen molar-refractivity contribution in [1.29, 1.82) is 0 Å². The van der Waals surface area contributed by atoms with Crippen molar-refractivity contribution in [2.75, 3.05) is 11.9 Å². The molecule has 0 unspecified atom stereocenters. The summed E-state index contributed by atoms with van der Waals surface area (Å²) in [6.07, 6.45) is 0.680. The molecule has 2 rings (SSSR count). The summed E-state index contributed by atoms with van der Waals surface area (Å²) >= 11 is 0. The normalized spacial score (nSPS) is 10.0. The van der Waals surface area contributed by atoms with Crippen LogP contribution in [0.1, 0.15) is 20.7 Å². The largest absolute Gasteiger partial charge is 0.311 e. The lowest BCUT2D eigenvalue weighted by Gasteiger charge is -2.17. The third-order valence-electron chi connectivity index (χ3n) is 2.77. The fourth-order valence-electron chi connectivity index (χ4n) is 1.74. The van der Waals surface area contributed by atoms with Gasteiger partial charge in [0, 0.05) is 23.9 Å². The lowest BCUT2D eigenvalue weighted by atomic mass is 10.1. The fourth-order valence-corrected chi connectivity index (χ4v) is 1.74. The SMILES string of the molecule is CN(C(=O)c1cccc(C=O)c1)c1cccc(F)c1. The van der Waals surface area contributed by atoms with Gasteiger partial charge in [-0.3, -0.25) is 9.59 Å². The van der Waals surface area contributed by atoms with E-state index in [0.717, 1.165) is 0 Å². The summed E-state index contributed by atoms with van der Waals surface area (Å²) in [6.45, 7) is 0. The molecule has 0 aliphatic rings. The summed E-state index contributed by atoms with van der Waals surface area (Å²) in [5.41, 5.74) is 1.27. The Labute approximate surface area is 110 Å². The molecule has 2 aromatic carbocycles. The summed E-state index contributed by atoms with van der Waals surface area (Å²) in [6, 6.07) is 12.1. The van der Waals surface area contributed by atoms with Crippen LogP contribution in [-0.2, 0) is 0 Å². The highest BCUT2D eigenvalue weighted by Crippen LogP contribution is 2.17. The van der Waals surface area contributed by atoms with E-state index >= 15 is 0 Å². The minimum Gasteiger partial charge on any atom is -0.311 e. The second-order valence-electron chi connectivity index (χ2n) is 4.09. The molecule has 0 bridgehead atoms. The van der Waals surface area contributed by atoms with Crippen LogP contribution in [0.5, 0.6) is 0 Å². The molecule has 0 spiro atoms. The van der Waals surface area contributed by atoms with E-state index in [4.69, 9.17) is 0 Å². The molecule has 0 aliphatic heterocycles. The molecule has 2 aromatic rings. The van der Waals surface area contributed by atoms with Gasteiger partial charge in [0.15, 0.2) is 0 Å². The third kappa shape index (κ3) is 2.85. The molecule has 0 radical (unpaired) electrons. The van der Waals surface area contributed by atoms with Gasteiger partial charge in [0.1, 0.15) is 12.1 Å². The monoisotopic (exact) mass is 257 g/mol. The number of carbonyl (C=O) groups excluding carboxylic acids is 2. The lowest BCUT2D eigenvalue weighted by molar-refractivity contribution is 0.0993. The van der Waals surface area contributed by atoms with Crippen molar-refractivity contribution in [1.82, 2.24) is 0 Å². The first-order valence-electron chi connectivity index (χ1n) is 5.70. The second kappa shape index (κ2) is 5.44. The molecule has 0 atom stereocenters. The van der Waals surface area contributed by atoms with Crippen LogP contribution in [0.2, 0.25) is 0 Å². The first-order valence-corrected chi connectivity index (χ1v) is 5.70. The van der Waals surface area contributed by atoms with E-state index in [0.29, 0.717) is 23.1 Å². The maximum absolute atomic E-state index is 13.1. The second-order valence-corrected chi connectivity index (χ2v) is 4.09. The predicted molar refractivity (Wildman–Crippen MR) is 71.0 cm³/mol. The molecule has 19 heavy (non-hydrogen) atoms. The highest BCUT2D eigenvalue weighted by Gasteiger charge is 2.14. The Hall–Kier alpha value is -2.49. The van der Waals surface area contributed by atoms with Crippen molar-refractivity contribution in [3.05, 3.63) is 65.5 Å². The summed E-state index contributed by atoms with van der Waals surface area (Å²) in [7, 11) is 1.56. The van der Waals surface area contributed by atoms with Crippen molar-refractivity contribution >= 4 is 17.9 Å². The van der Waals surface area contributed by atoms with E-state index in [2.05, 4.69) is 0 Å². The molecule has 4 heteroatoms. The Morgan fingerprint density at radius 1 is 1.16 bits per heavy atom. The minimum atomic E-state index is -0.404. The summed E-state index contributed by atoms with van der Waals surface area (Å²) in [5, 5.41) is 0. The van der Waals surface area contributed by atoms with E-state index in [9.17, 15) is 14.0 Å². The Morgan fingerprint density at radius 3 is 2.58 bits per heavy atom. The van der Waals surface area contributed by atoms with Gasteiger partial charge < -0.3 is 4.90 Å². The number of amides is 1. The molecular weight excluding hydrogens is 245 g/mol. The molecule has 1 amide bonds.